The summed E-state index contributed by atoms with van der Waals surface area (Å²) in [6.45, 7) is 1.03. The second-order valence-corrected chi connectivity index (χ2v) is 6.80. The van der Waals surface area contributed by atoms with Crippen molar-refractivity contribution in [2.24, 2.45) is 4.99 Å². The fraction of sp³-hybridized carbons (Fsp3) is 0.263. The van der Waals surface area contributed by atoms with Gasteiger partial charge in [-0.25, -0.2) is 0 Å². The number of alkyl halides is 3. The normalized spacial score (nSPS) is 14.4. The molecular formula is C19H17F3N2OS. The highest BCUT2D eigenvalue weighted by Crippen LogP contribution is 2.30. The average molecular weight is 378 g/mol. The van der Waals surface area contributed by atoms with Crippen LogP contribution in [-0.2, 0) is 23.1 Å². The summed E-state index contributed by atoms with van der Waals surface area (Å²) in [5.41, 5.74) is 0.808. The predicted molar refractivity (Wildman–Crippen MR) is 96.9 cm³/mol. The summed E-state index contributed by atoms with van der Waals surface area (Å²) >= 11 is 1.29. The zero-order valence-corrected chi connectivity index (χ0v) is 14.7. The number of thioether (sulfide) groups is 1. The Labute approximate surface area is 153 Å². The van der Waals surface area contributed by atoms with Gasteiger partial charge in [0.1, 0.15) is 0 Å². The van der Waals surface area contributed by atoms with Gasteiger partial charge in [-0.15, -0.1) is 0 Å². The van der Waals surface area contributed by atoms with E-state index in [4.69, 9.17) is 0 Å². The molecule has 0 fully saturated rings. The minimum Gasteiger partial charge on any atom is -0.289 e. The summed E-state index contributed by atoms with van der Waals surface area (Å²) in [5, 5.41) is 0.573. The summed E-state index contributed by atoms with van der Waals surface area (Å²) in [5.74, 6) is 0.279. The van der Waals surface area contributed by atoms with Crippen molar-refractivity contribution in [3.8, 4) is 0 Å². The molecule has 3 rings (SSSR count). The quantitative estimate of drug-likeness (QED) is 0.791. The number of amidine groups is 1. The van der Waals surface area contributed by atoms with E-state index in [2.05, 4.69) is 4.99 Å². The Morgan fingerprint density at radius 1 is 1.08 bits per heavy atom. The van der Waals surface area contributed by atoms with Crippen LogP contribution in [0.15, 0.2) is 59.6 Å². The van der Waals surface area contributed by atoms with Gasteiger partial charge in [-0.05, 0) is 17.2 Å². The van der Waals surface area contributed by atoms with E-state index in [9.17, 15) is 18.0 Å². The fourth-order valence-corrected chi connectivity index (χ4v) is 3.64. The highest BCUT2D eigenvalue weighted by molar-refractivity contribution is 8.13. The molecule has 26 heavy (non-hydrogen) atoms. The molecule has 0 N–H and O–H groups in total. The number of halogens is 3. The van der Waals surface area contributed by atoms with Crippen molar-refractivity contribution >= 4 is 22.8 Å². The highest BCUT2D eigenvalue weighted by atomic mass is 32.2. The average Bonchev–Trinajstić information content (AvgIpc) is 3.09. The summed E-state index contributed by atoms with van der Waals surface area (Å²) in [4.78, 5) is 18.4. The third-order valence-corrected chi connectivity index (χ3v) is 5.01. The van der Waals surface area contributed by atoms with Gasteiger partial charge in [0.25, 0.3) is 0 Å². The minimum absolute atomic E-state index is 0.0519. The number of nitrogens with zero attached hydrogens (tertiary/aromatic N) is 2. The fourth-order valence-electron chi connectivity index (χ4n) is 2.63. The molecule has 3 nitrogen and oxygen atoms in total. The molecular weight excluding hydrogens is 361 g/mol. The molecule has 2 aromatic carbocycles. The first-order chi connectivity index (χ1) is 12.4. The first-order valence-corrected chi connectivity index (χ1v) is 9.10. The van der Waals surface area contributed by atoms with Crippen LogP contribution >= 0.6 is 11.8 Å². The number of hydrogen-bond donors (Lipinski definition) is 0. The molecule has 136 valence electrons. The van der Waals surface area contributed by atoms with Gasteiger partial charge >= 0.3 is 6.18 Å². The SMILES string of the molecule is O=C(Cc1ccccc1)N1CCN=C1SCc1cccc(C(F)(F)F)c1. The van der Waals surface area contributed by atoms with Crippen LogP contribution in [0.25, 0.3) is 0 Å². The molecule has 0 radical (unpaired) electrons. The van der Waals surface area contributed by atoms with E-state index in [1.807, 2.05) is 30.3 Å². The minimum atomic E-state index is -4.36. The Kier molecular flexibility index (Phi) is 5.66. The molecule has 1 aliphatic rings. The van der Waals surface area contributed by atoms with E-state index >= 15 is 0 Å². The zero-order valence-electron chi connectivity index (χ0n) is 13.9. The molecule has 0 aliphatic carbocycles. The van der Waals surface area contributed by atoms with Crippen molar-refractivity contribution in [1.82, 2.24) is 4.90 Å². The Hall–Kier alpha value is -2.28. The third kappa shape index (κ3) is 4.66. The Balaban J connectivity index is 1.62. The van der Waals surface area contributed by atoms with Crippen molar-refractivity contribution in [2.45, 2.75) is 18.3 Å². The number of amides is 1. The molecule has 0 unspecified atom stereocenters. The summed E-state index contributed by atoms with van der Waals surface area (Å²) < 4.78 is 38.4. The Bertz CT molecular complexity index is 806. The Morgan fingerprint density at radius 2 is 1.81 bits per heavy atom. The van der Waals surface area contributed by atoms with Gasteiger partial charge in [0.2, 0.25) is 5.91 Å². The highest BCUT2D eigenvalue weighted by Gasteiger charge is 2.30. The van der Waals surface area contributed by atoms with E-state index in [1.54, 1.807) is 11.0 Å². The maximum atomic E-state index is 12.8. The molecule has 7 heteroatoms. The lowest BCUT2D eigenvalue weighted by Crippen LogP contribution is -2.34. The van der Waals surface area contributed by atoms with E-state index < -0.39 is 11.7 Å². The predicted octanol–water partition coefficient (Wildman–Crippen LogP) is 4.38. The molecule has 2 aromatic rings. The molecule has 0 atom stereocenters. The van der Waals surface area contributed by atoms with Crippen LogP contribution in [0.1, 0.15) is 16.7 Å². The first kappa shape index (κ1) is 18.5. The molecule has 0 spiro atoms. The zero-order chi connectivity index (χ0) is 18.6. The lowest BCUT2D eigenvalue weighted by molar-refractivity contribution is -0.137. The molecule has 0 bridgehead atoms. The van der Waals surface area contributed by atoms with Gasteiger partial charge in [0.15, 0.2) is 5.17 Å². The van der Waals surface area contributed by atoms with Crippen LogP contribution in [0.3, 0.4) is 0 Å². The lowest BCUT2D eigenvalue weighted by atomic mass is 10.1. The first-order valence-electron chi connectivity index (χ1n) is 8.11. The number of aliphatic imine (C=N–C) groups is 1. The molecule has 1 amide bonds. The van der Waals surface area contributed by atoms with Gasteiger partial charge in [-0.2, -0.15) is 13.2 Å². The molecule has 0 saturated heterocycles. The number of hydrogen-bond acceptors (Lipinski definition) is 3. The Morgan fingerprint density at radius 3 is 2.54 bits per heavy atom. The second-order valence-electron chi connectivity index (χ2n) is 5.86. The van der Waals surface area contributed by atoms with Crippen LogP contribution in [0.5, 0.6) is 0 Å². The van der Waals surface area contributed by atoms with Gasteiger partial charge in [0.05, 0.1) is 18.5 Å². The van der Waals surface area contributed by atoms with Gasteiger partial charge in [0, 0.05) is 12.3 Å². The van der Waals surface area contributed by atoms with Crippen LogP contribution in [-0.4, -0.2) is 29.1 Å². The van der Waals surface area contributed by atoms with Crippen molar-refractivity contribution in [1.29, 1.82) is 0 Å². The van der Waals surface area contributed by atoms with Crippen LogP contribution < -0.4 is 0 Å². The van der Waals surface area contributed by atoms with Gasteiger partial charge in [-0.1, -0.05) is 60.3 Å². The van der Waals surface area contributed by atoms with Crippen LogP contribution in [0.2, 0.25) is 0 Å². The molecule has 0 aromatic heterocycles. The smallest absolute Gasteiger partial charge is 0.289 e. The van der Waals surface area contributed by atoms with Crippen molar-refractivity contribution in [3.63, 3.8) is 0 Å². The topological polar surface area (TPSA) is 32.7 Å². The number of carbonyl (C=O) groups excluding carboxylic acids is 1. The summed E-state index contributed by atoms with van der Waals surface area (Å²) in [7, 11) is 0. The second kappa shape index (κ2) is 7.95. The van der Waals surface area contributed by atoms with Crippen LogP contribution in [0, 0.1) is 0 Å². The van der Waals surface area contributed by atoms with E-state index in [1.165, 1.54) is 17.8 Å². The van der Waals surface area contributed by atoms with E-state index in [0.29, 0.717) is 29.6 Å². The maximum absolute atomic E-state index is 12.8. The summed E-state index contributed by atoms with van der Waals surface area (Å²) in [6, 6.07) is 14.7. The van der Waals surface area contributed by atoms with Gasteiger partial charge in [-0.3, -0.25) is 14.7 Å². The number of carbonyl (C=O) groups is 1. The largest absolute Gasteiger partial charge is 0.416 e. The standard InChI is InChI=1S/C19H17F3N2OS/c20-19(21,22)16-8-4-7-15(11-16)13-26-18-23-9-10-24(18)17(25)12-14-5-2-1-3-6-14/h1-8,11H,9-10,12-13H2. The van der Waals surface area contributed by atoms with Crippen LogP contribution in [0.4, 0.5) is 13.2 Å². The number of benzene rings is 2. The van der Waals surface area contributed by atoms with Crippen molar-refractivity contribution < 1.29 is 18.0 Å². The maximum Gasteiger partial charge on any atom is 0.416 e. The third-order valence-electron chi connectivity index (χ3n) is 3.92. The lowest BCUT2D eigenvalue weighted by Gasteiger charge is -2.18. The number of rotatable bonds is 4. The van der Waals surface area contributed by atoms with Crippen molar-refractivity contribution in [2.75, 3.05) is 13.1 Å². The molecule has 1 heterocycles. The van der Waals surface area contributed by atoms with Crippen molar-refractivity contribution in [3.05, 3.63) is 71.3 Å². The summed E-state index contributed by atoms with van der Waals surface area (Å²) in [6.07, 6.45) is -4.08. The monoisotopic (exact) mass is 378 g/mol. The van der Waals surface area contributed by atoms with Gasteiger partial charge < -0.3 is 0 Å². The molecule has 0 saturated carbocycles. The van der Waals surface area contributed by atoms with E-state index in [0.717, 1.165) is 17.7 Å². The van der Waals surface area contributed by atoms with E-state index in [-0.39, 0.29) is 12.3 Å². The molecule has 1 aliphatic heterocycles.